The van der Waals surface area contributed by atoms with Gasteiger partial charge in [0.15, 0.2) is 0 Å². The number of hydrogen-bond donors (Lipinski definition) is 1. The second kappa shape index (κ2) is 4.73. The van der Waals surface area contributed by atoms with Gasteiger partial charge in [-0.15, -0.1) is 0 Å². The van der Waals surface area contributed by atoms with Crippen LogP contribution in [0.15, 0.2) is 18.5 Å². The first kappa shape index (κ1) is 12.5. The van der Waals surface area contributed by atoms with Gasteiger partial charge in [-0.3, -0.25) is 4.98 Å². The van der Waals surface area contributed by atoms with Gasteiger partial charge >= 0.3 is 0 Å². The Labute approximate surface area is 104 Å². The Morgan fingerprint density at radius 3 is 2.83 bits per heavy atom. The minimum absolute atomic E-state index is 0.152. The fourth-order valence-corrected chi connectivity index (χ4v) is 1.97. The summed E-state index contributed by atoms with van der Waals surface area (Å²) in [5.41, 5.74) is 1.21. The average Bonchev–Trinajstić information content (AvgIpc) is 2.63. The van der Waals surface area contributed by atoms with Crippen molar-refractivity contribution in [2.45, 2.75) is 13.0 Å². The van der Waals surface area contributed by atoms with Gasteiger partial charge in [-0.25, -0.2) is 9.07 Å². The number of aliphatic hydroxyl groups is 1. The fourth-order valence-electron chi connectivity index (χ4n) is 1.97. The standard InChI is InChI=1S/C12H14FN3O2/c1-7-10(12(18-3)16(2)15-7)11(17)8-4-5-14-6-9(8)13/h4-6,11,17H,1-3H3. The van der Waals surface area contributed by atoms with Crippen LogP contribution in [0.5, 0.6) is 5.88 Å². The molecule has 0 spiro atoms. The van der Waals surface area contributed by atoms with Crippen molar-refractivity contribution in [3.63, 3.8) is 0 Å². The molecule has 2 rings (SSSR count). The predicted molar refractivity (Wildman–Crippen MR) is 62.8 cm³/mol. The molecule has 96 valence electrons. The van der Waals surface area contributed by atoms with Crippen LogP contribution in [0.25, 0.3) is 0 Å². The van der Waals surface area contributed by atoms with Gasteiger partial charge in [0.1, 0.15) is 11.9 Å². The Morgan fingerprint density at radius 2 is 2.22 bits per heavy atom. The first-order chi connectivity index (χ1) is 8.56. The van der Waals surface area contributed by atoms with Crippen LogP contribution in [0.2, 0.25) is 0 Å². The maximum atomic E-state index is 13.6. The molecular weight excluding hydrogens is 237 g/mol. The number of hydrogen-bond acceptors (Lipinski definition) is 4. The second-order valence-corrected chi connectivity index (χ2v) is 3.93. The predicted octanol–water partition coefficient (Wildman–Crippen LogP) is 1.35. The van der Waals surface area contributed by atoms with E-state index >= 15 is 0 Å². The molecule has 6 heteroatoms. The zero-order valence-corrected chi connectivity index (χ0v) is 10.4. The van der Waals surface area contributed by atoms with Gasteiger partial charge in [0.2, 0.25) is 5.88 Å². The van der Waals surface area contributed by atoms with E-state index in [-0.39, 0.29) is 5.56 Å². The number of ether oxygens (including phenoxy) is 1. The highest BCUT2D eigenvalue weighted by Crippen LogP contribution is 2.32. The van der Waals surface area contributed by atoms with Crippen molar-refractivity contribution >= 4 is 0 Å². The SMILES string of the molecule is COc1c(C(O)c2ccncc2F)c(C)nn1C. The van der Waals surface area contributed by atoms with Crippen molar-refractivity contribution < 1.29 is 14.2 Å². The number of aliphatic hydroxyl groups excluding tert-OH is 1. The third-order valence-corrected chi connectivity index (χ3v) is 2.78. The fraction of sp³-hybridized carbons (Fsp3) is 0.333. The summed E-state index contributed by atoms with van der Waals surface area (Å²) in [6.45, 7) is 1.74. The van der Waals surface area contributed by atoms with Gasteiger partial charge in [0.25, 0.3) is 0 Å². The van der Waals surface area contributed by atoms with Crippen LogP contribution in [-0.4, -0.2) is 27.0 Å². The largest absolute Gasteiger partial charge is 0.481 e. The zero-order chi connectivity index (χ0) is 13.3. The Balaban J connectivity index is 2.53. The van der Waals surface area contributed by atoms with Gasteiger partial charge in [0, 0.05) is 18.8 Å². The maximum Gasteiger partial charge on any atom is 0.217 e. The number of aromatic nitrogens is 3. The molecule has 0 bridgehead atoms. The molecule has 0 aromatic carbocycles. The van der Waals surface area contributed by atoms with Crippen molar-refractivity contribution in [1.29, 1.82) is 0 Å². The van der Waals surface area contributed by atoms with Crippen molar-refractivity contribution in [2.75, 3.05) is 7.11 Å². The minimum atomic E-state index is -1.13. The third-order valence-electron chi connectivity index (χ3n) is 2.78. The molecule has 5 nitrogen and oxygen atoms in total. The summed E-state index contributed by atoms with van der Waals surface area (Å²) >= 11 is 0. The summed E-state index contributed by atoms with van der Waals surface area (Å²) < 4.78 is 20.3. The molecule has 1 N–H and O–H groups in total. The molecule has 1 unspecified atom stereocenters. The average molecular weight is 251 g/mol. The van der Waals surface area contributed by atoms with Crippen LogP contribution >= 0.6 is 0 Å². The van der Waals surface area contributed by atoms with Crippen molar-refractivity contribution in [3.05, 3.63) is 41.1 Å². The Kier molecular flexibility index (Phi) is 3.29. The van der Waals surface area contributed by atoms with Crippen molar-refractivity contribution in [3.8, 4) is 5.88 Å². The number of aryl methyl sites for hydroxylation is 2. The van der Waals surface area contributed by atoms with Crippen LogP contribution in [0.3, 0.4) is 0 Å². The number of nitrogens with zero attached hydrogens (tertiary/aromatic N) is 3. The quantitative estimate of drug-likeness (QED) is 0.894. The lowest BCUT2D eigenvalue weighted by Gasteiger charge is -2.13. The van der Waals surface area contributed by atoms with Gasteiger partial charge in [-0.05, 0) is 13.0 Å². The van der Waals surface area contributed by atoms with E-state index in [0.717, 1.165) is 6.20 Å². The van der Waals surface area contributed by atoms with Gasteiger partial charge in [0.05, 0.1) is 24.6 Å². The molecule has 0 fully saturated rings. The van der Waals surface area contributed by atoms with Crippen LogP contribution in [-0.2, 0) is 7.05 Å². The molecule has 0 saturated carbocycles. The normalized spacial score (nSPS) is 12.5. The van der Waals surface area contributed by atoms with Crippen LogP contribution in [0.4, 0.5) is 4.39 Å². The second-order valence-electron chi connectivity index (χ2n) is 3.93. The molecule has 2 aromatic rings. The molecule has 0 aliphatic heterocycles. The number of rotatable bonds is 3. The van der Waals surface area contributed by atoms with E-state index in [2.05, 4.69) is 10.1 Å². The molecule has 0 amide bonds. The Morgan fingerprint density at radius 1 is 1.50 bits per heavy atom. The van der Waals surface area contributed by atoms with Crippen LogP contribution < -0.4 is 4.74 Å². The van der Waals surface area contributed by atoms with Gasteiger partial charge in [-0.2, -0.15) is 5.10 Å². The summed E-state index contributed by atoms with van der Waals surface area (Å²) in [5, 5.41) is 14.4. The van der Waals surface area contributed by atoms with E-state index in [0.29, 0.717) is 17.1 Å². The topological polar surface area (TPSA) is 60.2 Å². The summed E-state index contributed by atoms with van der Waals surface area (Å²) in [4.78, 5) is 3.65. The molecule has 18 heavy (non-hydrogen) atoms. The van der Waals surface area contributed by atoms with Crippen molar-refractivity contribution in [2.24, 2.45) is 7.05 Å². The number of methoxy groups -OCH3 is 1. The van der Waals surface area contributed by atoms with E-state index < -0.39 is 11.9 Å². The number of pyridine rings is 1. The van der Waals surface area contributed by atoms with E-state index in [1.165, 1.54) is 24.1 Å². The van der Waals surface area contributed by atoms with Crippen LogP contribution in [0.1, 0.15) is 22.9 Å². The highest BCUT2D eigenvalue weighted by Gasteiger charge is 2.24. The summed E-state index contributed by atoms with van der Waals surface area (Å²) in [7, 11) is 3.18. The highest BCUT2D eigenvalue weighted by molar-refractivity contribution is 5.39. The molecule has 0 radical (unpaired) electrons. The Bertz CT molecular complexity index is 568. The monoisotopic (exact) mass is 251 g/mol. The maximum absolute atomic E-state index is 13.6. The molecule has 1 atom stereocenters. The summed E-state index contributed by atoms with van der Waals surface area (Å²) in [6.07, 6.45) is 1.37. The smallest absolute Gasteiger partial charge is 0.217 e. The van der Waals surface area contributed by atoms with E-state index in [1.54, 1.807) is 14.0 Å². The molecule has 0 aliphatic rings. The minimum Gasteiger partial charge on any atom is -0.481 e. The van der Waals surface area contributed by atoms with Crippen molar-refractivity contribution in [1.82, 2.24) is 14.8 Å². The lowest BCUT2D eigenvalue weighted by Crippen LogP contribution is -2.06. The van der Waals surface area contributed by atoms with Gasteiger partial charge < -0.3 is 9.84 Å². The third kappa shape index (κ3) is 1.95. The van der Waals surface area contributed by atoms with Crippen LogP contribution in [0, 0.1) is 12.7 Å². The van der Waals surface area contributed by atoms with E-state index in [1.807, 2.05) is 0 Å². The lowest BCUT2D eigenvalue weighted by atomic mass is 10.0. The molecule has 2 aromatic heterocycles. The van der Waals surface area contributed by atoms with E-state index in [9.17, 15) is 9.50 Å². The van der Waals surface area contributed by atoms with E-state index in [4.69, 9.17) is 4.74 Å². The molecule has 0 saturated heterocycles. The summed E-state index contributed by atoms with van der Waals surface area (Å²) in [6, 6.07) is 1.44. The molecule has 0 aliphatic carbocycles. The first-order valence-corrected chi connectivity index (χ1v) is 5.41. The molecule has 2 heterocycles. The lowest BCUT2D eigenvalue weighted by molar-refractivity contribution is 0.207. The Hall–Kier alpha value is -1.95. The first-order valence-electron chi connectivity index (χ1n) is 5.41. The number of halogens is 1. The molecular formula is C12H14FN3O2. The zero-order valence-electron chi connectivity index (χ0n) is 10.4. The summed E-state index contributed by atoms with van der Waals surface area (Å²) in [5.74, 6) is -0.147. The highest BCUT2D eigenvalue weighted by atomic mass is 19.1. The van der Waals surface area contributed by atoms with Gasteiger partial charge in [-0.1, -0.05) is 0 Å².